The van der Waals surface area contributed by atoms with Gasteiger partial charge in [-0.05, 0) is 82.6 Å². The zero-order valence-electron chi connectivity index (χ0n) is 23.2. The highest BCUT2D eigenvalue weighted by Gasteiger charge is 2.37. The smallest absolute Gasteiger partial charge is 0.342 e. The molecule has 4 rings (SSSR count). The number of piperidine rings is 1. The monoisotopic (exact) mass is 507 g/mol. The number of aromatic nitrogens is 1. The minimum Gasteiger partial charge on any atom is -0.492 e. The van der Waals surface area contributed by atoms with Crippen molar-refractivity contribution in [2.45, 2.75) is 65.4 Å². The van der Waals surface area contributed by atoms with Gasteiger partial charge in [-0.1, -0.05) is 20.3 Å². The summed E-state index contributed by atoms with van der Waals surface area (Å²) < 4.78 is 13.5. The molecule has 2 aromatic rings. The van der Waals surface area contributed by atoms with Gasteiger partial charge in [0, 0.05) is 43.0 Å². The Morgan fingerprint density at radius 3 is 2.38 bits per heavy atom. The molecule has 37 heavy (non-hydrogen) atoms. The average Bonchev–Trinajstić information content (AvgIpc) is 3.10. The summed E-state index contributed by atoms with van der Waals surface area (Å²) in [5.41, 5.74) is 3.47. The Balaban J connectivity index is 1.55. The molecular formula is C30H41N3O4. The number of carbonyl (C=O) groups is 2. The van der Waals surface area contributed by atoms with E-state index in [9.17, 15) is 9.59 Å². The van der Waals surface area contributed by atoms with Gasteiger partial charge in [0.1, 0.15) is 12.4 Å². The minimum absolute atomic E-state index is 0.160. The van der Waals surface area contributed by atoms with E-state index >= 15 is 0 Å². The van der Waals surface area contributed by atoms with Crippen molar-refractivity contribution in [1.82, 2.24) is 14.4 Å². The summed E-state index contributed by atoms with van der Waals surface area (Å²) in [6, 6.07) is 9.40. The summed E-state index contributed by atoms with van der Waals surface area (Å²) in [5.74, 6) is 0.169. The van der Waals surface area contributed by atoms with E-state index < -0.39 is 5.97 Å². The zero-order chi connectivity index (χ0) is 26.7. The first-order chi connectivity index (χ1) is 17.6. The second-order valence-electron chi connectivity index (χ2n) is 11.2. The predicted molar refractivity (Wildman–Crippen MR) is 146 cm³/mol. The Kier molecular flexibility index (Phi) is 8.12. The molecule has 0 atom stereocenters. The van der Waals surface area contributed by atoms with Crippen LogP contribution >= 0.6 is 0 Å². The molecule has 1 aromatic carbocycles. The number of aryl methyl sites for hydroxylation is 1. The number of amides is 1. The number of likely N-dealkylation sites (tertiary alicyclic amines) is 1. The fraction of sp³-hybridized carbons (Fsp3) is 0.533. The van der Waals surface area contributed by atoms with Crippen molar-refractivity contribution >= 4 is 17.4 Å². The summed E-state index contributed by atoms with van der Waals surface area (Å²) in [5, 5.41) is 0. The quantitative estimate of drug-likeness (QED) is 0.498. The van der Waals surface area contributed by atoms with Crippen molar-refractivity contribution < 1.29 is 19.1 Å². The summed E-state index contributed by atoms with van der Waals surface area (Å²) in [7, 11) is 1.95. The van der Waals surface area contributed by atoms with Gasteiger partial charge in [-0.2, -0.15) is 0 Å². The van der Waals surface area contributed by atoms with Crippen LogP contribution in [-0.2, 0) is 22.0 Å². The molecule has 200 valence electrons. The Labute approximate surface area is 221 Å². The summed E-state index contributed by atoms with van der Waals surface area (Å²) in [4.78, 5) is 31.0. The lowest BCUT2D eigenvalue weighted by atomic mass is 9.83. The molecule has 2 aliphatic rings. The molecule has 0 unspecified atom stereocenters. The molecule has 1 amide bonds. The van der Waals surface area contributed by atoms with Crippen LogP contribution in [0.2, 0.25) is 0 Å². The standard InChI is InChI=1S/C30H41N3O4/c1-21(2)37-29(35)25-19-33(20-30(4,5)26-18-22(3)31(6)27(25)26)28(34)23-10-12-24(13-11-23)36-17-16-32-14-8-7-9-15-32/h10-13,18-19,21H,7-9,14-17,20H2,1-6H3. The Morgan fingerprint density at radius 2 is 1.73 bits per heavy atom. The molecule has 0 bridgehead atoms. The molecule has 0 radical (unpaired) electrons. The molecule has 1 saturated heterocycles. The first-order valence-corrected chi connectivity index (χ1v) is 13.4. The molecule has 7 heteroatoms. The lowest BCUT2D eigenvalue weighted by molar-refractivity contribution is -0.140. The lowest BCUT2D eigenvalue weighted by Crippen LogP contribution is -2.36. The summed E-state index contributed by atoms with van der Waals surface area (Å²) >= 11 is 0. The number of fused-ring (bicyclic) bond motifs is 1. The summed E-state index contributed by atoms with van der Waals surface area (Å²) in [6.07, 6.45) is 5.26. The van der Waals surface area contributed by atoms with E-state index in [1.807, 2.05) is 44.5 Å². The Morgan fingerprint density at radius 1 is 1.05 bits per heavy atom. The number of hydrogen-bond acceptors (Lipinski definition) is 5. The number of nitrogens with zero attached hydrogens (tertiary/aromatic N) is 3. The highest BCUT2D eigenvalue weighted by Crippen LogP contribution is 2.38. The van der Waals surface area contributed by atoms with Crippen LogP contribution < -0.4 is 4.74 Å². The summed E-state index contributed by atoms with van der Waals surface area (Å²) in [6.45, 7) is 14.2. The highest BCUT2D eigenvalue weighted by atomic mass is 16.5. The van der Waals surface area contributed by atoms with E-state index in [1.54, 1.807) is 23.2 Å². The van der Waals surface area contributed by atoms with Crippen LogP contribution in [0.5, 0.6) is 5.75 Å². The number of esters is 1. The van der Waals surface area contributed by atoms with Crippen molar-refractivity contribution in [3.05, 3.63) is 59.0 Å². The first-order valence-electron chi connectivity index (χ1n) is 13.4. The van der Waals surface area contributed by atoms with Crippen LogP contribution in [0, 0.1) is 6.92 Å². The van der Waals surface area contributed by atoms with Crippen molar-refractivity contribution in [1.29, 1.82) is 0 Å². The predicted octanol–water partition coefficient (Wildman–Crippen LogP) is 4.92. The Hall–Kier alpha value is -3.06. The largest absolute Gasteiger partial charge is 0.492 e. The molecule has 0 saturated carbocycles. The van der Waals surface area contributed by atoms with Crippen LogP contribution in [-0.4, -0.2) is 65.1 Å². The van der Waals surface area contributed by atoms with E-state index in [0.29, 0.717) is 24.3 Å². The van der Waals surface area contributed by atoms with Crippen molar-refractivity contribution in [3.63, 3.8) is 0 Å². The molecule has 0 spiro atoms. The maximum absolute atomic E-state index is 13.7. The van der Waals surface area contributed by atoms with Crippen LogP contribution in [0.3, 0.4) is 0 Å². The van der Waals surface area contributed by atoms with Crippen molar-refractivity contribution in [3.8, 4) is 5.75 Å². The van der Waals surface area contributed by atoms with Crippen LogP contribution in [0.4, 0.5) is 0 Å². The van der Waals surface area contributed by atoms with Crippen LogP contribution in [0.15, 0.2) is 36.5 Å². The fourth-order valence-electron chi connectivity index (χ4n) is 5.24. The van der Waals surface area contributed by atoms with Gasteiger partial charge in [0.25, 0.3) is 5.91 Å². The number of carbonyl (C=O) groups excluding carboxylic acids is 2. The average molecular weight is 508 g/mol. The third-order valence-corrected chi connectivity index (χ3v) is 7.36. The third kappa shape index (κ3) is 6.09. The number of benzene rings is 1. The number of rotatable bonds is 7. The fourth-order valence-corrected chi connectivity index (χ4v) is 5.24. The van der Waals surface area contributed by atoms with Crippen LogP contribution in [0.25, 0.3) is 5.57 Å². The lowest BCUT2D eigenvalue weighted by Gasteiger charge is -2.29. The molecule has 0 N–H and O–H groups in total. The van der Waals surface area contributed by atoms with Gasteiger partial charge in [0.2, 0.25) is 0 Å². The second kappa shape index (κ2) is 11.1. The maximum Gasteiger partial charge on any atom is 0.342 e. The SMILES string of the molecule is Cc1cc2c(n1C)C(C(=O)OC(C)C)=CN(C(=O)c1ccc(OCCN3CCCCC3)cc1)CC2(C)C. The normalized spacial score (nSPS) is 17.7. The minimum atomic E-state index is -0.426. The van der Waals surface area contributed by atoms with Crippen molar-refractivity contribution in [2.75, 3.05) is 32.8 Å². The highest BCUT2D eigenvalue weighted by molar-refractivity contribution is 6.17. The topological polar surface area (TPSA) is 64.0 Å². The second-order valence-corrected chi connectivity index (χ2v) is 11.2. The van der Waals surface area contributed by atoms with E-state index in [2.05, 4.69) is 24.8 Å². The third-order valence-electron chi connectivity index (χ3n) is 7.36. The maximum atomic E-state index is 13.7. The van der Waals surface area contributed by atoms with E-state index in [-0.39, 0.29) is 17.4 Å². The van der Waals surface area contributed by atoms with Gasteiger partial charge in [-0.25, -0.2) is 4.79 Å². The number of hydrogen-bond donors (Lipinski definition) is 0. The Bertz CT molecular complexity index is 1150. The molecule has 7 nitrogen and oxygen atoms in total. The first kappa shape index (κ1) is 27.0. The molecule has 1 aromatic heterocycles. The molecular weight excluding hydrogens is 466 g/mol. The van der Waals surface area contributed by atoms with Gasteiger partial charge < -0.3 is 18.9 Å². The van der Waals surface area contributed by atoms with E-state index in [0.717, 1.165) is 42.3 Å². The van der Waals surface area contributed by atoms with Gasteiger partial charge in [0.15, 0.2) is 0 Å². The molecule has 0 aliphatic carbocycles. The van der Waals surface area contributed by atoms with Gasteiger partial charge in [-0.15, -0.1) is 0 Å². The molecule has 3 heterocycles. The van der Waals surface area contributed by atoms with Gasteiger partial charge in [0.05, 0.1) is 17.4 Å². The van der Waals surface area contributed by atoms with Crippen LogP contribution in [0.1, 0.15) is 74.3 Å². The van der Waals surface area contributed by atoms with Gasteiger partial charge in [-0.3, -0.25) is 9.69 Å². The zero-order valence-corrected chi connectivity index (χ0v) is 23.2. The van der Waals surface area contributed by atoms with Crippen molar-refractivity contribution in [2.24, 2.45) is 7.05 Å². The molecule has 2 aliphatic heterocycles. The van der Waals surface area contributed by atoms with Gasteiger partial charge >= 0.3 is 5.97 Å². The van der Waals surface area contributed by atoms with E-state index in [4.69, 9.17) is 9.47 Å². The number of ether oxygens (including phenoxy) is 2. The van der Waals surface area contributed by atoms with E-state index in [1.165, 1.54) is 19.3 Å². The molecule has 1 fully saturated rings.